The van der Waals surface area contributed by atoms with Gasteiger partial charge in [0.05, 0.1) is 23.0 Å². The van der Waals surface area contributed by atoms with Crippen molar-refractivity contribution in [2.45, 2.75) is 61.6 Å². The number of hydrogen-bond donors (Lipinski definition) is 1. The molecule has 2 bridgehead atoms. The third-order valence-electron chi connectivity index (χ3n) is 9.69. The third-order valence-corrected chi connectivity index (χ3v) is 9.69. The standard InChI is InChI=1S/C30H31N3O6/c1-38-23-10-7-20-16-24-30(31-25(35)11-6-18-4-8-21(9-5-18)33(36)37)13-12-22(34)28-29(30,26(20)27(23)39-28)14-15-32(24)17-19-2-3-19/h4-11,19,24,28H,2-3,12-17H2,1H3,(H,31,35)/b11-6+/t24-,28+,29+,30-/m1/s1. The number of likely N-dealkylation sites (tertiary alicyclic amines) is 1. The number of non-ortho nitro benzene ring substituents is 1. The monoisotopic (exact) mass is 529 g/mol. The summed E-state index contributed by atoms with van der Waals surface area (Å²) in [6.07, 6.45) is 7.42. The average Bonchev–Trinajstić information content (AvgIpc) is 3.68. The normalized spacial score (nSPS) is 30.5. The molecule has 2 aromatic rings. The van der Waals surface area contributed by atoms with Crippen LogP contribution in [0.5, 0.6) is 11.5 Å². The van der Waals surface area contributed by atoms with E-state index in [1.807, 2.05) is 6.07 Å². The number of piperidine rings is 1. The summed E-state index contributed by atoms with van der Waals surface area (Å²) in [6, 6.07) is 10.2. The Morgan fingerprint density at radius 3 is 2.74 bits per heavy atom. The Morgan fingerprint density at radius 2 is 2.03 bits per heavy atom. The predicted octanol–water partition coefficient (Wildman–Crippen LogP) is 3.57. The number of ketones is 1. The van der Waals surface area contributed by atoms with Crippen molar-refractivity contribution >= 4 is 23.5 Å². The Morgan fingerprint density at radius 1 is 1.23 bits per heavy atom. The number of hydrogen-bond acceptors (Lipinski definition) is 7. The molecule has 9 nitrogen and oxygen atoms in total. The number of ether oxygens (including phenoxy) is 2. The molecule has 4 atom stereocenters. The van der Waals surface area contributed by atoms with Crippen LogP contribution in [0.25, 0.3) is 6.08 Å². The van der Waals surface area contributed by atoms with E-state index in [0.717, 1.165) is 31.5 Å². The van der Waals surface area contributed by atoms with E-state index < -0.39 is 22.0 Å². The molecule has 7 rings (SSSR count). The van der Waals surface area contributed by atoms with Crippen molar-refractivity contribution in [3.8, 4) is 11.5 Å². The van der Waals surface area contributed by atoms with Gasteiger partial charge in [0.25, 0.3) is 5.69 Å². The minimum atomic E-state index is -0.666. The van der Waals surface area contributed by atoms with Crippen LogP contribution in [0.15, 0.2) is 42.5 Å². The zero-order valence-electron chi connectivity index (χ0n) is 21.9. The molecule has 0 unspecified atom stereocenters. The quantitative estimate of drug-likeness (QED) is 0.332. The Labute approximate surface area is 226 Å². The number of nitrogens with zero attached hydrogens (tertiary/aromatic N) is 2. The van der Waals surface area contributed by atoms with Crippen molar-refractivity contribution < 1.29 is 24.0 Å². The summed E-state index contributed by atoms with van der Waals surface area (Å²) in [5.74, 6) is 1.83. The maximum absolute atomic E-state index is 13.6. The number of amides is 1. The molecule has 2 aromatic carbocycles. The van der Waals surface area contributed by atoms with E-state index in [1.54, 1.807) is 25.3 Å². The number of benzene rings is 2. The molecule has 2 saturated carbocycles. The van der Waals surface area contributed by atoms with Crippen LogP contribution >= 0.6 is 0 Å². The zero-order valence-corrected chi connectivity index (χ0v) is 21.9. The van der Waals surface area contributed by atoms with Crippen LogP contribution in [0.3, 0.4) is 0 Å². The molecular formula is C30H31N3O6. The third kappa shape index (κ3) is 3.48. The van der Waals surface area contributed by atoms with Gasteiger partial charge in [-0.15, -0.1) is 0 Å². The van der Waals surface area contributed by atoms with E-state index in [0.29, 0.717) is 35.8 Å². The number of carbonyl (C=O) groups excluding carboxylic acids is 2. The van der Waals surface area contributed by atoms with E-state index in [2.05, 4.69) is 16.3 Å². The first-order chi connectivity index (χ1) is 18.9. The van der Waals surface area contributed by atoms with Crippen molar-refractivity contribution in [3.05, 3.63) is 69.3 Å². The number of nitro groups is 1. The summed E-state index contributed by atoms with van der Waals surface area (Å²) >= 11 is 0. The van der Waals surface area contributed by atoms with Gasteiger partial charge in [0.15, 0.2) is 23.4 Å². The van der Waals surface area contributed by atoms with E-state index in [4.69, 9.17) is 9.47 Å². The number of carbonyl (C=O) groups is 2. The van der Waals surface area contributed by atoms with Gasteiger partial charge in [-0.1, -0.05) is 6.07 Å². The average molecular weight is 530 g/mol. The summed E-state index contributed by atoms with van der Waals surface area (Å²) < 4.78 is 12.2. The maximum Gasteiger partial charge on any atom is 0.269 e. The molecule has 2 heterocycles. The fraction of sp³-hybridized carbons (Fsp3) is 0.467. The van der Waals surface area contributed by atoms with Crippen LogP contribution in [0, 0.1) is 16.0 Å². The molecule has 1 amide bonds. The number of methoxy groups -OCH3 is 1. The maximum atomic E-state index is 13.6. The number of Topliss-reactive ketones (excluding diaryl/α,β-unsaturated/α-hetero) is 1. The fourth-order valence-corrected chi connectivity index (χ4v) is 7.85. The molecule has 1 saturated heterocycles. The van der Waals surface area contributed by atoms with E-state index in [-0.39, 0.29) is 23.4 Å². The smallest absolute Gasteiger partial charge is 0.269 e. The van der Waals surface area contributed by atoms with Crippen molar-refractivity contribution in [1.29, 1.82) is 0 Å². The van der Waals surface area contributed by atoms with Gasteiger partial charge in [-0.3, -0.25) is 24.6 Å². The lowest BCUT2D eigenvalue weighted by molar-refractivity contribution is -0.384. The van der Waals surface area contributed by atoms with E-state index in [9.17, 15) is 19.7 Å². The second kappa shape index (κ2) is 8.64. The van der Waals surface area contributed by atoms with Gasteiger partial charge in [-0.25, -0.2) is 0 Å². The summed E-state index contributed by atoms with van der Waals surface area (Å²) in [5.41, 5.74) is 1.61. The summed E-state index contributed by atoms with van der Waals surface area (Å²) in [4.78, 5) is 40.2. The largest absolute Gasteiger partial charge is 0.493 e. The zero-order chi connectivity index (χ0) is 26.9. The van der Waals surface area contributed by atoms with Gasteiger partial charge < -0.3 is 14.8 Å². The molecule has 0 radical (unpaired) electrons. The van der Waals surface area contributed by atoms with E-state index in [1.165, 1.54) is 36.6 Å². The van der Waals surface area contributed by atoms with Crippen molar-refractivity contribution in [2.24, 2.45) is 5.92 Å². The van der Waals surface area contributed by atoms with Crippen LogP contribution in [0.4, 0.5) is 5.69 Å². The number of nitrogens with one attached hydrogen (secondary N) is 1. The van der Waals surface area contributed by atoms with E-state index >= 15 is 0 Å². The fourth-order valence-electron chi connectivity index (χ4n) is 7.85. The molecule has 2 aliphatic heterocycles. The van der Waals surface area contributed by atoms with Gasteiger partial charge in [-0.05, 0) is 80.0 Å². The minimum Gasteiger partial charge on any atom is -0.493 e. The van der Waals surface area contributed by atoms with Gasteiger partial charge >= 0.3 is 0 Å². The molecule has 3 fully saturated rings. The number of nitro benzene ring substituents is 1. The lowest BCUT2D eigenvalue weighted by Crippen LogP contribution is -2.81. The highest BCUT2D eigenvalue weighted by atomic mass is 16.6. The van der Waals surface area contributed by atoms with Crippen LogP contribution in [0.2, 0.25) is 0 Å². The van der Waals surface area contributed by atoms with Crippen molar-refractivity contribution in [2.75, 3.05) is 20.2 Å². The van der Waals surface area contributed by atoms with Crippen molar-refractivity contribution in [3.63, 3.8) is 0 Å². The minimum absolute atomic E-state index is 0.00409. The first-order valence-electron chi connectivity index (χ1n) is 13.7. The molecule has 3 aliphatic carbocycles. The second-order valence-electron chi connectivity index (χ2n) is 11.6. The lowest BCUT2D eigenvalue weighted by Gasteiger charge is -2.65. The molecule has 9 heteroatoms. The molecule has 5 aliphatic rings. The summed E-state index contributed by atoms with van der Waals surface area (Å²) in [6.45, 7) is 1.87. The van der Waals surface area contributed by atoms with Crippen LogP contribution in [-0.2, 0) is 21.4 Å². The Kier molecular flexibility index (Phi) is 5.39. The van der Waals surface area contributed by atoms with Gasteiger partial charge in [0.2, 0.25) is 5.91 Å². The number of rotatable bonds is 7. The summed E-state index contributed by atoms with van der Waals surface area (Å²) in [5, 5.41) is 14.4. The second-order valence-corrected chi connectivity index (χ2v) is 11.6. The summed E-state index contributed by atoms with van der Waals surface area (Å²) in [7, 11) is 1.62. The van der Waals surface area contributed by atoms with Gasteiger partial charge in [0.1, 0.15) is 0 Å². The Bertz CT molecular complexity index is 1420. The molecular weight excluding hydrogens is 498 g/mol. The highest BCUT2D eigenvalue weighted by molar-refractivity contribution is 5.95. The van der Waals surface area contributed by atoms with Crippen LogP contribution in [0.1, 0.15) is 48.8 Å². The first kappa shape index (κ1) is 24.3. The molecule has 1 N–H and O–H groups in total. The Balaban J connectivity index is 1.30. The molecule has 39 heavy (non-hydrogen) atoms. The first-order valence-corrected chi connectivity index (χ1v) is 13.7. The van der Waals surface area contributed by atoms with Crippen LogP contribution in [-0.4, -0.2) is 59.4 Å². The Hall–Kier alpha value is -3.72. The van der Waals surface area contributed by atoms with Crippen LogP contribution < -0.4 is 14.8 Å². The van der Waals surface area contributed by atoms with Gasteiger partial charge in [-0.2, -0.15) is 0 Å². The topological polar surface area (TPSA) is 111 Å². The predicted molar refractivity (Wildman–Crippen MR) is 143 cm³/mol. The van der Waals surface area contributed by atoms with Crippen molar-refractivity contribution in [1.82, 2.24) is 10.2 Å². The highest BCUT2D eigenvalue weighted by Crippen LogP contribution is 2.65. The lowest BCUT2D eigenvalue weighted by atomic mass is 9.47. The van der Waals surface area contributed by atoms with Gasteiger partial charge in [0, 0.05) is 42.8 Å². The molecule has 0 aromatic heterocycles. The highest BCUT2D eigenvalue weighted by Gasteiger charge is 2.73. The molecule has 202 valence electrons. The molecule has 1 spiro atoms. The SMILES string of the molecule is COc1ccc2c3c1O[C@H]1C(=O)CC[C@@]4(NC(=O)/C=C/c5ccc([N+](=O)[O-])cc5)[C@@H](C2)N(CC2CC2)CC[C@]314.